The Morgan fingerprint density at radius 2 is 2.21 bits per heavy atom. The molecule has 0 heterocycles. The predicted molar refractivity (Wildman–Crippen MR) is 71.0 cm³/mol. The standard InChI is InChI=1S/C13H18N2O4/c1-9(7-14)5-12(16)15-10-3-2-4-11(6-10)19-8-13(17)18/h2-4,6,9H,5,7-8,14H2,1H3,(H,15,16)(H,17,18). The first-order valence-electron chi connectivity index (χ1n) is 5.96. The first kappa shape index (κ1) is 15.0. The summed E-state index contributed by atoms with van der Waals surface area (Å²) >= 11 is 0. The number of hydrogen-bond acceptors (Lipinski definition) is 4. The second kappa shape index (κ2) is 7.38. The third-order valence-electron chi connectivity index (χ3n) is 2.42. The van der Waals surface area contributed by atoms with E-state index in [1.54, 1.807) is 24.3 Å². The van der Waals surface area contributed by atoms with Crippen LogP contribution in [-0.4, -0.2) is 30.1 Å². The summed E-state index contributed by atoms with van der Waals surface area (Å²) < 4.78 is 5.02. The second-order valence-electron chi connectivity index (χ2n) is 4.30. The third-order valence-corrected chi connectivity index (χ3v) is 2.42. The number of aliphatic carboxylic acids is 1. The molecule has 1 amide bonds. The molecule has 0 saturated heterocycles. The normalized spacial score (nSPS) is 11.7. The van der Waals surface area contributed by atoms with Gasteiger partial charge in [0, 0.05) is 18.2 Å². The van der Waals surface area contributed by atoms with E-state index in [4.69, 9.17) is 15.6 Å². The number of nitrogens with one attached hydrogen (secondary N) is 1. The maximum absolute atomic E-state index is 11.7. The first-order chi connectivity index (χ1) is 9.01. The van der Waals surface area contributed by atoms with Gasteiger partial charge in [0.1, 0.15) is 5.75 Å². The summed E-state index contributed by atoms with van der Waals surface area (Å²) in [5, 5.41) is 11.2. The molecule has 1 aromatic rings. The molecule has 0 saturated carbocycles. The quantitative estimate of drug-likeness (QED) is 0.685. The molecule has 1 rings (SSSR count). The summed E-state index contributed by atoms with van der Waals surface area (Å²) in [5.41, 5.74) is 6.02. The van der Waals surface area contributed by atoms with Gasteiger partial charge in [-0.3, -0.25) is 4.79 Å². The Kier molecular flexibility index (Phi) is 5.81. The molecular weight excluding hydrogens is 248 g/mol. The van der Waals surface area contributed by atoms with Crippen LogP contribution in [0.25, 0.3) is 0 Å². The fourth-order valence-corrected chi connectivity index (χ4v) is 1.42. The van der Waals surface area contributed by atoms with E-state index in [0.717, 1.165) is 0 Å². The molecule has 0 aliphatic carbocycles. The van der Waals surface area contributed by atoms with Crippen LogP contribution in [0.2, 0.25) is 0 Å². The van der Waals surface area contributed by atoms with E-state index < -0.39 is 12.6 Å². The van der Waals surface area contributed by atoms with Crippen molar-refractivity contribution in [2.24, 2.45) is 11.7 Å². The number of carboxylic acids is 1. The first-order valence-corrected chi connectivity index (χ1v) is 5.96. The van der Waals surface area contributed by atoms with Crippen molar-refractivity contribution in [2.45, 2.75) is 13.3 Å². The van der Waals surface area contributed by atoms with Crippen molar-refractivity contribution in [3.8, 4) is 5.75 Å². The number of benzene rings is 1. The highest BCUT2D eigenvalue weighted by atomic mass is 16.5. The van der Waals surface area contributed by atoms with Gasteiger partial charge in [0.25, 0.3) is 0 Å². The summed E-state index contributed by atoms with van der Waals surface area (Å²) in [6, 6.07) is 6.59. The van der Waals surface area contributed by atoms with Crippen LogP contribution in [-0.2, 0) is 9.59 Å². The van der Waals surface area contributed by atoms with Crippen LogP contribution >= 0.6 is 0 Å². The van der Waals surface area contributed by atoms with Gasteiger partial charge in [-0.15, -0.1) is 0 Å². The summed E-state index contributed by atoms with van der Waals surface area (Å²) in [5.74, 6) is -0.668. The van der Waals surface area contributed by atoms with Crippen LogP contribution in [0.5, 0.6) is 5.75 Å². The van der Waals surface area contributed by atoms with Gasteiger partial charge in [0.15, 0.2) is 6.61 Å². The molecule has 6 nitrogen and oxygen atoms in total. The Morgan fingerprint density at radius 1 is 1.47 bits per heavy atom. The van der Waals surface area contributed by atoms with Gasteiger partial charge in [-0.2, -0.15) is 0 Å². The van der Waals surface area contributed by atoms with Gasteiger partial charge in [0.05, 0.1) is 0 Å². The van der Waals surface area contributed by atoms with E-state index in [0.29, 0.717) is 24.4 Å². The molecule has 4 N–H and O–H groups in total. The zero-order valence-electron chi connectivity index (χ0n) is 10.8. The predicted octanol–water partition coefficient (Wildman–Crippen LogP) is 1.07. The average Bonchev–Trinajstić information content (AvgIpc) is 2.36. The lowest BCUT2D eigenvalue weighted by atomic mass is 10.1. The maximum atomic E-state index is 11.7. The lowest BCUT2D eigenvalue weighted by molar-refractivity contribution is -0.139. The van der Waals surface area contributed by atoms with Gasteiger partial charge < -0.3 is 20.9 Å². The minimum absolute atomic E-state index is 0.117. The largest absolute Gasteiger partial charge is 0.482 e. The second-order valence-corrected chi connectivity index (χ2v) is 4.30. The van der Waals surface area contributed by atoms with Crippen molar-refractivity contribution in [3.05, 3.63) is 24.3 Å². The van der Waals surface area contributed by atoms with Crippen LogP contribution in [0.3, 0.4) is 0 Å². The van der Waals surface area contributed by atoms with Crippen molar-refractivity contribution in [1.29, 1.82) is 0 Å². The Hall–Kier alpha value is -2.08. The monoisotopic (exact) mass is 266 g/mol. The molecule has 1 aromatic carbocycles. The van der Waals surface area contributed by atoms with Gasteiger partial charge in [-0.25, -0.2) is 4.79 Å². The highest BCUT2D eigenvalue weighted by Gasteiger charge is 2.08. The average molecular weight is 266 g/mol. The lowest BCUT2D eigenvalue weighted by Crippen LogP contribution is -2.20. The zero-order valence-corrected chi connectivity index (χ0v) is 10.8. The number of anilines is 1. The zero-order chi connectivity index (χ0) is 14.3. The minimum Gasteiger partial charge on any atom is -0.482 e. The lowest BCUT2D eigenvalue weighted by Gasteiger charge is -2.10. The molecule has 0 aliphatic rings. The summed E-state index contributed by atoms with van der Waals surface area (Å²) in [6.45, 7) is 1.93. The highest BCUT2D eigenvalue weighted by Crippen LogP contribution is 2.17. The number of rotatable bonds is 7. The molecule has 1 atom stereocenters. The SMILES string of the molecule is CC(CN)CC(=O)Nc1cccc(OCC(=O)O)c1. The van der Waals surface area contributed by atoms with Crippen LogP contribution < -0.4 is 15.8 Å². The van der Waals surface area contributed by atoms with E-state index in [1.165, 1.54) is 0 Å². The molecular formula is C13H18N2O4. The molecule has 6 heteroatoms. The maximum Gasteiger partial charge on any atom is 0.341 e. The Labute approximate surface area is 111 Å². The van der Waals surface area contributed by atoms with Crippen LogP contribution in [0.4, 0.5) is 5.69 Å². The molecule has 0 radical (unpaired) electrons. The summed E-state index contributed by atoms with van der Waals surface area (Å²) in [4.78, 5) is 22.0. The number of carboxylic acid groups (broad SMARTS) is 1. The fraction of sp³-hybridized carbons (Fsp3) is 0.385. The van der Waals surface area contributed by atoms with E-state index >= 15 is 0 Å². The molecule has 19 heavy (non-hydrogen) atoms. The molecule has 1 unspecified atom stereocenters. The number of amides is 1. The molecule has 0 aliphatic heterocycles. The molecule has 0 fully saturated rings. The number of nitrogens with two attached hydrogens (primary N) is 1. The van der Waals surface area contributed by atoms with Crippen LogP contribution in [0.15, 0.2) is 24.3 Å². The molecule has 0 bridgehead atoms. The summed E-state index contributed by atoms with van der Waals surface area (Å²) in [7, 11) is 0. The minimum atomic E-state index is -1.05. The smallest absolute Gasteiger partial charge is 0.341 e. The fourth-order valence-electron chi connectivity index (χ4n) is 1.42. The highest BCUT2D eigenvalue weighted by molar-refractivity contribution is 5.91. The van der Waals surface area contributed by atoms with Crippen molar-refractivity contribution < 1.29 is 19.4 Å². The van der Waals surface area contributed by atoms with Crippen molar-refractivity contribution >= 4 is 17.6 Å². The van der Waals surface area contributed by atoms with Gasteiger partial charge in [-0.1, -0.05) is 13.0 Å². The van der Waals surface area contributed by atoms with Gasteiger partial charge in [-0.05, 0) is 24.6 Å². The Bertz CT molecular complexity index is 448. The molecule has 0 aromatic heterocycles. The van der Waals surface area contributed by atoms with E-state index in [-0.39, 0.29) is 11.8 Å². The van der Waals surface area contributed by atoms with E-state index in [2.05, 4.69) is 5.32 Å². The Morgan fingerprint density at radius 3 is 2.84 bits per heavy atom. The van der Waals surface area contributed by atoms with Crippen molar-refractivity contribution in [3.63, 3.8) is 0 Å². The number of ether oxygens (including phenoxy) is 1. The topological polar surface area (TPSA) is 102 Å². The third kappa shape index (κ3) is 5.87. The summed E-state index contributed by atoms with van der Waals surface area (Å²) in [6.07, 6.45) is 0.344. The van der Waals surface area contributed by atoms with Crippen LogP contribution in [0, 0.1) is 5.92 Å². The van der Waals surface area contributed by atoms with Gasteiger partial charge >= 0.3 is 5.97 Å². The van der Waals surface area contributed by atoms with E-state index in [9.17, 15) is 9.59 Å². The Balaban J connectivity index is 2.56. The number of carbonyl (C=O) groups excluding carboxylic acids is 1. The number of hydrogen-bond donors (Lipinski definition) is 3. The van der Waals surface area contributed by atoms with E-state index in [1.807, 2.05) is 6.92 Å². The molecule has 104 valence electrons. The van der Waals surface area contributed by atoms with Crippen LogP contribution in [0.1, 0.15) is 13.3 Å². The van der Waals surface area contributed by atoms with Crippen molar-refractivity contribution in [1.82, 2.24) is 0 Å². The number of carbonyl (C=O) groups is 2. The van der Waals surface area contributed by atoms with Crippen molar-refractivity contribution in [2.75, 3.05) is 18.5 Å². The van der Waals surface area contributed by atoms with Gasteiger partial charge in [0.2, 0.25) is 5.91 Å². The molecule has 0 spiro atoms.